The van der Waals surface area contributed by atoms with Crippen molar-refractivity contribution in [1.82, 2.24) is 10.2 Å². The van der Waals surface area contributed by atoms with Crippen LogP contribution in [0.3, 0.4) is 0 Å². The average molecular weight is 342 g/mol. The van der Waals surface area contributed by atoms with E-state index < -0.39 is 0 Å². The summed E-state index contributed by atoms with van der Waals surface area (Å²) in [5.41, 5.74) is 1.84. The molecule has 1 saturated heterocycles. The molecule has 1 aliphatic heterocycles. The Morgan fingerprint density at radius 1 is 1.32 bits per heavy atom. The molecule has 1 fully saturated rings. The van der Waals surface area contributed by atoms with Gasteiger partial charge in [-0.25, -0.2) is 0 Å². The minimum atomic E-state index is -0.0349. The largest absolute Gasteiger partial charge is 0.497 e. The average Bonchev–Trinajstić information content (AvgIpc) is 3.07. The molecule has 0 radical (unpaired) electrons. The van der Waals surface area contributed by atoms with E-state index in [1.807, 2.05) is 24.3 Å². The van der Waals surface area contributed by atoms with Gasteiger partial charge in [0.1, 0.15) is 11.5 Å². The molecule has 0 unspecified atom stereocenters. The standard InChI is InChI=1S/C20H26N2O3/c1-14-9-12-25-19(14)15(2)22-10-7-17(8-11-22)21-20(23)16-5-4-6-18(13-16)24-3/h4-6,9,12-13,15,17H,7-8,10-11H2,1-3H3,(H,21,23)/t15-/m1/s1. The molecular formula is C20H26N2O3. The number of methoxy groups -OCH3 is 1. The third-order valence-corrected chi connectivity index (χ3v) is 5.03. The fraction of sp³-hybridized carbons (Fsp3) is 0.450. The fourth-order valence-corrected chi connectivity index (χ4v) is 3.44. The molecule has 0 saturated carbocycles. The first-order valence-electron chi connectivity index (χ1n) is 8.81. The van der Waals surface area contributed by atoms with Crippen LogP contribution in [0.5, 0.6) is 5.75 Å². The summed E-state index contributed by atoms with van der Waals surface area (Å²) >= 11 is 0. The molecular weight excluding hydrogens is 316 g/mol. The normalized spacial score (nSPS) is 17.2. The van der Waals surface area contributed by atoms with Crippen LogP contribution in [-0.4, -0.2) is 37.0 Å². The number of likely N-dealkylation sites (tertiary alicyclic amines) is 1. The van der Waals surface area contributed by atoms with E-state index in [1.54, 1.807) is 19.4 Å². The van der Waals surface area contributed by atoms with E-state index in [4.69, 9.17) is 9.15 Å². The zero-order valence-electron chi connectivity index (χ0n) is 15.1. The van der Waals surface area contributed by atoms with E-state index in [0.29, 0.717) is 11.3 Å². The number of ether oxygens (including phenoxy) is 1. The van der Waals surface area contributed by atoms with Gasteiger partial charge in [-0.2, -0.15) is 0 Å². The number of furan rings is 1. The van der Waals surface area contributed by atoms with Gasteiger partial charge in [0.05, 0.1) is 19.4 Å². The van der Waals surface area contributed by atoms with Gasteiger partial charge >= 0.3 is 0 Å². The lowest BCUT2D eigenvalue weighted by atomic mass is 10.0. The summed E-state index contributed by atoms with van der Waals surface area (Å²) in [5, 5.41) is 3.15. The number of rotatable bonds is 5. The number of carbonyl (C=O) groups is 1. The number of hydrogen-bond acceptors (Lipinski definition) is 4. The molecule has 1 aromatic carbocycles. The molecule has 2 heterocycles. The Balaban J connectivity index is 1.54. The second-order valence-electron chi connectivity index (χ2n) is 6.66. The van der Waals surface area contributed by atoms with Crippen molar-refractivity contribution in [3.63, 3.8) is 0 Å². The molecule has 0 aliphatic carbocycles. The number of aryl methyl sites for hydroxylation is 1. The van der Waals surface area contributed by atoms with Crippen LogP contribution in [0, 0.1) is 6.92 Å². The summed E-state index contributed by atoms with van der Waals surface area (Å²) in [6.07, 6.45) is 3.64. The summed E-state index contributed by atoms with van der Waals surface area (Å²) in [6, 6.07) is 9.75. The van der Waals surface area contributed by atoms with Crippen molar-refractivity contribution < 1.29 is 13.9 Å². The highest BCUT2D eigenvalue weighted by molar-refractivity contribution is 5.94. The Morgan fingerprint density at radius 2 is 2.08 bits per heavy atom. The Hall–Kier alpha value is -2.27. The lowest BCUT2D eigenvalue weighted by Gasteiger charge is -2.35. The van der Waals surface area contributed by atoms with Gasteiger partial charge in [0.15, 0.2) is 0 Å². The van der Waals surface area contributed by atoms with E-state index in [9.17, 15) is 4.79 Å². The SMILES string of the molecule is COc1cccc(C(=O)NC2CCN([C@H](C)c3occc3C)CC2)c1. The zero-order chi connectivity index (χ0) is 17.8. The van der Waals surface area contributed by atoms with Crippen LogP contribution in [-0.2, 0) is 0 Å². The first-order chi connectivity index (χ1) is 12.1. The van der Waals surface area contributed by atoms with Crippen molar-refractivity contribution in [3.8, 4) is 5.75 Å². The molecule has 3 rings (SSSR count). The number of piperidine rings is 1. The summed E-state index contributed by atoms with van der Waals surface area (Å²) in [7, 11) is 1.61. The van der Waals surface area contributed by atoms with Crippen molar-refractivity contribution in [2.24, 2.45) is 0 Å². The van der Waals surface area contributed by atoms with Crippen LogP contribution in [0.2, 0.25) is 0 Å². The van der Waals surface area contributed by atoms with Gasteiger partial charge in [-0.05, 0) is 56.5 Å². The van der Waals surface area contributed by atoms with Gasteiger partial charge < -0.3 is 14.5 Å². The number of hydrogen-bond donors (Lipinski definition) is 1. The van der Waals surface area contributed by atoms with Gasteiger partial charge in [-0.1, -0.05) is 6.07 Å². The minimum absolute atomic E-state index is 0.0349. The highest BCUT2D eigenvalue weighted by Crippen LogP contribution is 2.27. The van der Waals surface area contributed by atoms with Gasteiger partial charge in [0.2, 0.25) is 0 Å². The maximum atomic E-state index is 12.4. The molecule has 134 valence electrons. The molecule has 1 amide bonds. The second kappa shape index (κ2) is 7.74. The number of benzene rings is 1. The summed E-state index contributed by atoms with van der Waals surface area (Å²) < 4.78 is 10.8. The first kappa shape index (κ1) is 17.5. The quantitative estimate of drug-likeness (QED) is 0.903. The maximum Gasteiger partial charge on any atom is 0.251 e. The molecule has 1 atom stereocenters. The first-order valence-corrected chi connectivity index (χ1v) is 8.81. The van der Waals surface area contributed by atoms with Crippen LogP contribution < -0.4 is 10.1 Å². The van der Waals surface area contributed by atoms with Crippen molar-refractivity contribution in [1.29, 1.82) is 0 Å². The van der Waals surface area contributed by atoms with Gasteiger partial charge in [0, 0.05) is 24.7 Å². The molecule has 1 N–H and O–H groups in total. The zero-order valence-corrected chi connectivity index (χ0v) is 15.1. The topological polar surface area (TPSA) is 54.7 Å². The predicted octanol–water partition coefficient (Wildman–Crippen LogP) is 3.55. The van der Waals surface area contributed by atoms with E-state index in [0.717, 1.165) is 31.7 Å². The van der Waals surface area contributed by atoms with E-state index in [-0.39, 0.29) is 18.0 Å². The second-order valence-corrected chi connectivity index (χ2v) is 6.66. The highest BCUT2D eigenvalue weighted by Gasteiger charge is 2.26. The molecule has 1 aliphatic rings. The van der Waals surface area contributed by atoms with Gasteiger partial charge in [0.25, 0.3) is 5.91 Å². The molecule has 2 aromatic rings. The Morgan fingerprint density at radius 3 is 2.72 bits per heavy atom. The molecule has 0 spiro atoms. The third-order valence-electron chi connectivity index (χ3n) is 5.03. The fourth-order valence-electron chi connectivity index (χ4n) is 3.44. The molecule has 1 aromatic heterocycles. The Kier molecular flexibility index (Phi) is 5.43. The minimum Gasteiger partial charge on any atom is -0.497 e. The molecule has 5 nitrogen and oxygen atoms in total. The van der Waals surface area contributed by atoms with E-state index in [1.165, 1.54) is 5.56 Å². The number of amides is 1. The van der Waals surface area contributed by atoms with Crippen molar-refractivity contribution in [3.05, 3.63) is 53.5 Å². The number of nitrogens with one attached hydrogen (secondary N) is 1. The summed E-state index contributed by atoms with van der Waals surface area (Å²) in [6.45, 7) is 6.16. The van der Waals surface area contributed by atoms with Gasteiger partial charge in [-0.15, -0.1) is 0 Å². The molecule has 25 heavy (non-hydrogen) atoms. The van der Waals surface area contributed by atoms with Crippen molar-refractivity contribution in [2.45, 2.75) is 38.8 Å². The van der Waals surface area contributed by atoms with Crippen LogP contribution in [0.15, 0.2) is 41.0 Å². The summed E-state index contributed by atoms with van der Waals surface area (Å²) in [4.78, 5) is 14.8. The maximum absolute atomic E-state index is 12.4. The third kappa shape index (κ3) is 4.04. The smallest absolute Gasteiger partial charge is 0.251 e. The Labute approximate surface area is 149 Å². The van der Waals surface area contributed by atoms with Crippen molar-refractivity contribution in [2.75, 3.05) is 20.2 Å². The van der Waals surface area contributed by atoms with Crippen LogP contribution in [0.1, 0.15) is 47.5 Å². The monoisotopic (exact) mass is 342 g/mol. The number of nitrogens with zero attached hydrogens (tertiary/aromatic N) is 1. The molecule has 5 heteroatoms. The molecule has 0 bridgehead atoms. The van der Waals surface area contributed by atoms with Crippen LogP contribution in [0.4, 0.5) is 0 Å². The predicted molar refractivity (Wildman–Crippen MR) is 96.9 cm³/mol. The number of carbonyl (C=O) groups excluding carboxylic acids is 1. The lowest BCUT2D eigenvalue weighted by Crippen LogP contribution is -2.45. The van der Waals surface area contributed by atoms with E-state index in [2.05, 4.69) is 24.1 Å². The van der Waals surface area contributed by atoms with Crippen LogP contribution in [0.25, 0.3) is 0 Å². The van der Waals surface area contributed by atoms with Crippen LogP contribution >= 0.6 is 0 Å². The van der Waals surface area contributed by atoms with E-state index >= 15 is 0 Å². The van der Waals surface area contributed by atoms with Crippen molar-refractivity contribution >= 4 is 5.91 Å². The Bertz CT molecular complexity index is 717. The summed E-state index contributed by atoms with van der Waals surface area (Å²) in [5.74, 6) is 1.70. The lowest BCUT2D eigenvalue weighted by molar-refractivity contribution is 0.0887. The highest BCUT2D eigenvalue weighted by atomic mass is 16.5. The van der Waals surface area contributed by atoms with Gasteiger partial charge in [-0.3, -0.25) is 9.69 Å².